The molecule has 3 nitrogen and oxygen atoms in total. The monoisotopic (exact) mass is 206 g/mol. The van der Waals surface area contributed by atoms with Gasteiger partial charge in [-0.05, 0) is 18.9 Å². The summed E-state index contributed by atoms with van der Waals surface area (Å²) in [6.07, 6.45) is 5.54. The summed E-state index contributed by atoms with van der Waals surface area (Å²) in [5.41, 5.74) is 0. The topological polar surface area (TPSA) is 34.1 Å². The molecule has 0 spiro atoms. The predicted molar refractivity (Wildman–Crippen MR) is 63.3 cm³/mol. The van der Waals surface area contributed by atoms with Crippen LogP contribution in [0.4, 0.5) is 5.82 Å². The molecule has 1 heterocycles. The summed E-state index contributed by atoms with van der Waals surface area (Å²) in [5, 5.41) is 3.21. The van der Waals surface area contributed by atoms with E-state index in [1.165, 1.54) is 0 Å². The highest BCUT2D eigenvalue weighted by Crippen LogP contribution is 2.14. The molecule has 0 bridgehead atoms. The molecule has 0 amide bonds. The fourth-order valence-corrected chi connectivity index (χ4v) is 1.11. The van der Waals surface area contributed by atoms with Crippen LogP contribution in [0.3, 0.4) is 0 Å². The third-order valence-corrected chi connectivity index (χ3v) is 1.88. The van der Waals surface area contributed by atoms with Gasteiger partial charge >= 0.3 is 0 Å². The van der Waals surface area contributed by atoms with Crippen molar-refractivity contribution in [1.82, 2.24) is 4.98 Å². The van der Waals surface area contributed by atoms with Crippen LogP contribution in [0, 0.1) is 0 Å². The Labute approximate surface area is 91.2 Å². The lowest BCUT2D eigenvalue weighted by molar-refractivity contribution is 0.325. The lowest BCUT2D eigenvalue weighted by Gasteiger charge is -2.07. The number of rotatable bonds is 7. The van der Waals surface area contributed by atoms with Gasteiger partial charge in [-0.1, -0.05) is 13.0 Å². The number of nitrogens with one attached hydrogen (secondary N) is 1. The first-order valence-electron chi connectivity index (χ1n) is 5.30. The van der Waals surface area contributed by atoms with Gasteiger partial charge in [0.2, 0.25) is 0 Å². The summed E-state index contributed by atoms with van der Waals surface area (Å²) in [7, 11) is 0. The summed E-state index contributed by atoms with van der Waals surface area (Å²) in [5.74, 6) is 1.72. The van der Waals surface area contributed by atoms with E-state index in [9.17, 15) is 0 Å². The van der Waals surface area contributed by atoms with Gasteiger partial charge < -0.3 is 10.1 Å². The van der Waals surface area contributed by atoms with Crippen LogP contribution in [0.2, 0.25) is 0 Å². The second-order valence-electron chi connectivity index (χ2n) is 3.23. The van der Waals surface area contributed by atoms with Crippen molar-refractivity contribution in [1.29, 1.82) is 0 Å². The van der Waals surface area contributed by atoms with Crippen LogP contribution >= 0.6 is 0 Å². The lowest BCUT2D eigenvalue weighted by Crippen LogP contribution is -2.02. The molecule has 15 heavy (non-hydrogen) atoms. The van der Waals surface area contributed by atoms with E-state index in [0.717, 1.165) is 31.0 Å². The maximum absolute atomic E-state index is 5.52. The molecule has 0 aliphatic heterocycles. The van der Waals surface area contributed by atoms with E-state index in [1.807, 2.05) is 18.2 Å². The number of anilines is 1. The Bertz CT molecular complexity index is 299. The largest absolute Gasteiger partial charge is 0.493 e. The normalized spacial score (nSPS) is 9.67. The highest BCUT2D eigenvalue weighted by Gasteiger charge is 1.96. The number of nitrogens with zero attached hydrogens (tertiary/aromatic N) is 1. The molecule has 0 aliphatic carbocycles. The van der Waals surface area contributed by atoms with Gasteiger partial charge in [0.25, 0.3) is 0 Å². The molecule has 0 unspecified atom stereocenters. The first-order chi connectivity index (χ1) is 7.36. The van der Waals surface area contributed by atoms with Crippen LogP contribution in [0.1, 0.15) is 19.8 Å². The zero-order valence-corrected chi connectivity index (χ0v) is 9.20. The predicted octanol–water partition coefficient (Wildman–Crippen LogP) is 2.86. The van der Waals surface area contributed by atoms with Gasteiger partial charge in [0.15, 0.2) is 0 Å². The van der Waals surface area contributed by atoms with Crippen LogP contribution in [-0.4, -0.2) is 18.1 Å². The van der Waals surface area contributed by atoms with E-state index < -0.39 is 0 Å². The van der Waals surface area contributed by atoms with Gasteiger partial charge in [0, 0.05) is 18.8 Å². The number of aromatic nitrogens is 1. The highest BCUT2D eigenvalue weighted by molar-refractivity contribution is 5.40. The Morgan fingerprint density at radius 1 is 1.60 bits per heavy atom. The average molecular weight is 206 g/mol. The van der Waals surface area contributed by atoms with E-state index in [2.05, 4.69) is 23.8 Å². The van der Waals surface area contributed by atoms with Gasteiger partial charge in [-0.3, -0.25) is 0 Å². The molecule has 0 aliphatic rings. The molecule has 1 aromatic heterocycles. The third kappa shape index (κ3) is 4.49. The maximum atomic E-state index is 5.52. The van der Waals surface area contributed by atoms with Crippen LogP contribution in [-0.2, 0) is 0 Å². The third-order valence-electron chi connectivity index (χ3n) is 1.88. The Morgan fingerprint density at radius 2 is 2.47 bits per heavy atom. The molecule has 0 fully saturated rings. The maximum Gasteiger partial charge on any atom is 0.129 e. The average Bonchev–Trinajstić information content (AvgIpc) is 2.27. The summed E-state index contributed by atoms with van der Waals surface area (Å²) >= 11 is 0. The van der Waals surface area contributed by atoms with Gasteiger partial charge in [-0.15, -0.1) is 6.58 Å². The van der Waals surface area contributed by atoms with E-state index in [-0.39, 0.29) is 0 Å². The molecule has 0 saturated heterocycles. The van der Waals surface area contributed by atoms with E-state index >= 15 is 0 Å². The quantitative estimate of drug-likeness (QED) is 0.550. The minimum atomic E-state index is 0.667. The standard InChI is InChI=1S/C12H18N2O/c1-3-5-9-15-11-6-8-14-12(10-11)13-7-4-2/h3,6,8,10H,1,4-5,7,9H2,2H3,(H,13,14). The van der Waals surface area contributed by atoms with Gasteiger partial charge in [0.05, 0.1) is 6.61 Å². The fraction of sp³-hybridized carbons (Fsp3) is 0.417. The van der Waals surface area contributed by atoms with Crippen molar-refractivity contribution in [3.05, 3.63) is 31.0 Å². The minimum Gasteiger partial charge on any atom is -0.493 e. The van der Waals surface area contributed by atoms with Crippen LogP contribution in [0.25, 0.3) is 0 Å². The van der Waals surface area contributed by atoms with Crippen molar-refractivity contribution in [3.8, 4) is 5.75 Å². The molecule has 3 heteroatoms. The van der Waals surface area contributed by atoms with Crippen molar-refractivity contribution in [2.24, 2.45) is 0 Å². The molecular formula is C12H18N2O. The van der Waals surface area contributed by atoms with Crippen LogP contribution in [0.15, 0.2) is 31.0 Å². The zero-order valence-electron chi connectivity index (χ0n) is 9.20. The fourth-order valence-electron chi connectivity index (χ4n) is 1.11. The number of hydrogen-bond donors (Lipinski definition) is 1. The minimum absolute atomic E-state index is 0.667. The molecule has 0 atom stereocenters. The van der Waals surface area contributed by atoms with Crippen molar-refractivity contribution >= 4 is 5.82 Å². The second kappa shape index (κ2) is 6.87. The number of pyridine rings is 1. The summed E-state index contributed by atoms with van der Waals surface area (Å²) in [6.45, 7) is 7.37. The zero-order chi connectivity index (χ0) is 10.9. The smallest absolute Gasteiger partial charge is 0.129 e. The molecular weight excluding hydrogens is 188 g/mol. The Kier molecular flexibility index (Phi) is 5.30. The molecule has 1 N–H and O–H groups in total. The first-order valence-corrected chi connectivity index (χ1v) is 5.30. The van der Waals surface area contributed by atoms with Crippen molar-refractivity contribution in [3.63, 3.8) is 0 Å². The van der Waals surface area contributed by atoms with Gasteiger partial charge in [0.1, 0.15) is 11.6 Å². The number of ether oxygens (including phenoxy) is 1. The Morgan fingerprint density at radius 3 is 3.20 bits per heavy atom. The van der Waals surface area contributed by atoms with Crippen LogP contribution in [0.5, 0.6) is 5.75 Å². The first kappa shape index (κ1) is 11.6. The van der Waals surface area contributed by atoms with Crippen LogP contribution < -0.4 is 10.1 Å². The van der Waals surface area contributed by atoms with E-state index in [1.54, 1.807) is 6.20 Å². The summed E-state index contributed by atoms with van der Waals surface area (Å²) in [6, 6.07) is 3.78. The Hall–Kier alpha value is -1.51. The van der Waals surface area contributed by atoms with E-state index in [0.29, 0.717) is 6.61 Å². The van der Waals surface area contributed by atoms with Crippen molar-refractivity contribution in [2.45, 2.75) is 19.8 Å². The Balaban J connectivity index is 2.46. The highest BCUT2D eigenvalue weighted by atomic mass is 16.5. The second-order valence-corrected chi connectivity index (χ2v) is 3.23. The van der Waals surface area contributed by atoms with Gasteiger partial charge in [-0.25, -0.2) is 4.98 Å². The molecule has 1 aromatic rings. The lowest BCUT2D eigenvalue weighted by atomic mass is 10.4. The molecule has 0 saturated carbocycles. The molecule has 0 radical (unpaired) electrons. The summed E-state index contributed by atoms with van der Waals surface area (Å²) < 4.78 is 5.52. The molecule has 1 rings (SSSR count). The van der Waals surface area contributed by atoms with Crippen molar-refractivity contribution in [2.75, 3.05) is 18.5 Å². The summed E-state index contributed by atoms with van der Waals surface area (Å²) in [4.78, 5) is 4.19. The molecule has 0 aromatic carbocycles. The number of hydrogen-bond acceptors (Lipinski definition) is 3. The van der Waals surface area contributed by atoms with E-state index in [4.69, 9.17) is 4.74 Å². The van der Waals surface area contributed by atoms with Gasteiger partial charge in [-0.2, -0.15) is 0 Å². The molecule has 82 valence electrons. The van der Waals surface area contributed by atoms with Crippen molar-refractivity contribution < 1.29 is 4.74 Å². The SMILES string of the molecule is C=CCCOc1ccnc(NCCC)c1.